The molecule has 1 saturated carbocycles. The summed E-state index contributed by atoms with van der Waals surface area (Å²) in [5, 5.41) is 8.88. The lowest BCUT2D eigenvalue weighted by Gasteiger charge is -2.40. The Morgan fingerprint density at radius 2 is 1.74 bits per heavy atom. The Bertz CT molecular complexity index is 1240. The van der Waals surface area contributed by atoms with E-state index < -0.39 is 11.7 Å². The highest BCUT2D eigenvalue weighted by Crippen LogP contribution is 2.35. The van der Waals surface area contributed by atoms with E-state index in [2.05, 4.69) is 16.0 Å². The van der Waals surface area contributed by atoms with Crippen molar-refractivity contribution in [2.75, 3.05) is 17.7 Å². The fourth-order valence-electron chi connectivity index (χ4n) is 5.30. The minimum Gasteiger partial charge on any atom is -0.496 e. The summed E-state index contributed by atoms with van der Waals surface area (Å²) in [5.74, 6) is 0.652. The molecule has 1 aliphatic heterocycles. The number of urea groups is 1. The monoisotopic (exact) mass is 536 g/mol. The van der Waals surface area contributed by atoms with Crippen LogP contribution >= 0.6 is 0 Å². The molecule has 0 atom stereocenters. The van der Waals surface area contributed by atoms with Crippen LogP contribution in [-0.4, -0.2) is 41.7 Å². The van der Waals surface area contributed by atoms with E-state index in [4.69, 9.17) is 9.47 Å². The number of ether oxygens (including phenoxy) is 2. The molecule has 2 aliphatic rings. The van der Waals surface area contributed by atoms with Gasteiger partial charge in [-0.2, -0.15) is 0 Å². The fraction of sp³-hybridized carbons (Fsp3) is 0.500. The standard InChI is InChI=1S/C30H40N4O5/c1-18-7-9-21(16-31-29(37)39-30(3,4)5)26-24(18)17-34(28(36)33-26)23-13-10-20(11-14-23)27(35)32-22-12-8-19(2)25(15-22)38-6/h7-9,12,15,20,23H,10-11,13-14,16-17H2,1-6H3,(H,31,37)(H,32,35)(H,33,36). The van der Waals surface area contributed by atoms with Crippen molar-refractivity contribution < 1.29 is 23.9 Å². The fourth-order valence-corrected chi connectivity index (χ4v) is 5.30. The smallest absolute Gasteiger partial charge is 0.407 e. The molecular weight excluding hydrogens is 496 g/mol. The van der Waals surface area contributed by atoms with Gasteiger partial charge in [0.1, 0.15) is 11.4 Å². The van der Waals surface area contributed by atoms with Crippen LogP contribution in [0.5, 0.6) is 5.75 Å². The average molecular weight is 537 g/mol. The van der Waals surface area contributed by atoms with Crippen molar-refractivity contribution in [3.05, 3.63) is 52.6 Å². The summed E-state index contributed by atoms with van der Waals surface area (Å²) >= 11 is 0. The van der Waals surface area contributed by atoms with Gasteiger partial charge in [0.15, 0.2) is 0 Å². The average Bonchev–Trinajstić information content (AvgIpc) is 2.88. The third-order valence-corrected chi connectivity index (χ3v) is 7.46. The largest absolute Gasteiger partial charge is 0.496 e. The molecule has 39 heavy (non-hydrogen) atoms. The van der Waals surface area contributed by atoms with E-state index in [0.29, 0.717) is 6.54 Å². The lowest BCUT2D eigenvalue weighted by molar-refractivity contribution is -0.121. The van der Waals surface area contributed by atoms with Crippen LogP contribution in [0.25, 0.3) is 0 Å². The molecule has 0 bridgehead atoms. The Balaban J connectivity index is 1.36. The first-order valence-electron chi connectivity index (χ1n) is 13.6. The van der Waals surface area contributed by atoms with Crippen LogP contribution < -0.4 is 20.7 Å². The van der Waals surface area contributed by atoms with E-state index in [9.17, 15) is 14.4 Å². The van der Waals surface area contributed by atoms with Gasteiger partial charge < -0.3 is 30.3 Å². The molecule has 1 fully saturated rings. The first-order valence-corrected chi connectivity index (χ1v) is 13.6. The van der Waals surface area contributed by atoms with E-state index in [0.717, 1.165) is 65.1 Å². The quantitative estimate of drug-likeness (QED) is 0.427. The molecular formula is C30H40N4O5. The van der Waals surface area contributed by atoms with Crippen LogP contribution in [-0.2, 0) is 22.6 Å². The first-order chi connectivity index (χ1) is 18.4. The van der Waals surface area contributed by atoms with Crippen molar-refractivity contribution in [1.29, 1.82) is 0 Å². The van der Waals surface area contributed by atoms with Crippen LogP contribution in [0.15, 0.2) is 30.3 Å². The zero-order valence-corrected chi connectivity index (χ0v) is 23.8. The highest BCUT2D eigenvalue weighted by atomic mass is 16.6. The molecule has 9 nitrogen and oxygen atoms in total. The van der Waals surface area contributed by atoms with Crippen molar-refractivity contribution in [2.24, 2.45) is 5.92 Å². The van der Waals surface area contributed by atoms with Crippen LogP contribution in [0.1, 0.15) is 68.7 Å². The second-order valence-corrected chi connectivity index (χ2v) is 11.5. The number of carbonyl (C=O) groups is 3. The highest BCUT2D eigenvalue weighted by molar-refractivity contribution is 5.94. The zero-order valence-electron chi connectivity index (χ0n) is 23.8. The number of carbonyl (C=O) groups excluding carboxylic acids is 3. The van der Waals surface area contributed by atoms with Gasteiger partial charge in [0.05, 0.1) is 19.3 Å². The predicted molar refractivity (Wildman–Crippen MR) is 151 cm³/mol. The number of aryl methyl sites for hydroxylation is 2. The van der Waals surface area contributed by atoms with Crippen LogP contribution in [0.4, 0.5) is 21.0 Å². The van der Waals surface area contributed by atoms with Gasteiger partial charge in [-0.05, 0) is 88.6 Å². The van der Waals surface area contributed by atoms with Crippen molar-refractivity contribution in [3.8, 4) is 5.75 Å². The highest BCUT2D eigenvalue weighted by Gasteiger charge is 2.35. The summed E-state index contributed by atoms with van der Waals surface area (Å²) in [6.45, 7) is 10.2. The second kappa shape index (κ2) is 11.6. The molecule has 4 rings (SSSR count). The maximum Gasteiger partial charge on any atom is 0.407 e. The normalized spacial score (nSPS) is 19.0. The lowest BCUT2D eigenvalue weighted by atomic mass is 9.84. The minimum absolute atomic E-state index is 0.00534. The Kier molecular flexibility index (Phi) is 8.37. The number of nitrogens with zero attached hydrogens (tertiary/aromatic N) is 1. The Morgan fingerprint density at radius 3 is 2.41 bits per heavy atom. The predicted octanol–water partition coefficient (Wildman–Crippen LogP) is 5.88. The number of hydrogen-bond acceptors (Lipinski definition) is 5. The van der Waals surface area contributed by atoms with Crippen molar-refractivity contribution in [1.82, 2.24) is 10.2 Å². The summed E-state index contributed by atoms with van der Waals surface area (Å²) in [6, 6.07) is 9.51. The van der Waals surface area contributed by atoms with Gasteiger partial charge in [-0.15, -0.1) is 0 Å². The summed E-state index contributed by atoms with van der Waals surface area (Å²) in [5.41, 5.74) is 4.88. The van der Waals surface area contributed by atoms with Gasteiger partial charge in [-0.25, -0.2) is 9.59 Å². The molecule has 2 aromatic carbocycles. The molecule has 9 heteroatoms. The van der Waals surface area contributed by atoms with Crippen molar-refractivity contribution >= 4 is 29.4 Å². The molecule has 0 unspecified atom stereocenters. The molecule has 3 N–H and O–H groups in total. The van der Waals surface area contributed by atoms with Gasteiger partial charge in [-0.3, -0.25) is 4.79 Å². The Morgan fingerprint density at radius 1 is 1.05 bits per heavy atom. The number of rotatable bonds is 6. The van der Waals surface area contributed by atoms with Crippen LogP contribution in [0, 0.1) is 19.8 Å². The number of amides is 4. The molecule has 0 radical (unpaired) electrons. The number of hydrogen-bond donors (Lipinski definition) is 3. The summed E-state index contributed by atoms with van der Waals surface area (Å²) in [7, 11) is 1.62. The van der Waals surface area contributed by atoms with Gasteiger partial charge in [0.2, 0.25) is 5.91 Å². The Labute approximate surface area is 230 Å². The zero-order chi connectivity index (χ0) is 28.3. The van der Waals surface area contributed by atoms with Crippen molar-refractivity contribution in [2.45, 2.75) is 85.0 Å². The van der Waals surface area contributed by atoms with E-state index >= 15 is 0 Å². The third kappa shape index (κ3) is 6.82. The molecule has 0 aromatic heterocycles. The molecule has 1 heterocycles. The van der Waals surface area contributed by atoms with Gasteiger partial charge in [0, 0.05) is 30.3 Å². The summed E-state index contributed by atoms with van der Waals surface area (Å²) in [4.78, 5) is 40.2. The second-order valence-electron chi connectivity index (χ2n) is 11.5. The lowest BCUT2D eigenvalue weighted by Crippen LogP contribution is -2.47. The maximum absolute atomic E-state index is 13.2. The number of anilines is 2. The molecule has 0 saturated heterocycles. The number of methoxy groups -OCH3 is 1. The number of fused-ring (bicyclic) bond motifs is 1. The summed E-state index contributed by atoms with van der Waals surface area (Å²) < 4.78 is 10.7. The number of alkyl carbamates (subject to hydrolysis) is 1. The van der Waals surface area contributed by atoms with E-state index in [1.54, 1.807) is 7.11 Å². The maximum atomic E-state index is 13.2. The molecule has 2 aromatic rings. The van der Waals surface area contributed by atoms with E-state index in [1.165, 1.54) is 0 Å². The minimum atomic E-state index is -0.584. The van der Waals surface area contributed by atoms with Crippen LogP contribution in [0.2, 0.25) is 0 Å². The number of nitrogens with one attached hydrogen (secondary N) is 3. The van der Waals surface area contributed by atoms with Gasteiger partial charge in [0.25, 0.3) is 0 Å². The van der Waals surface area contributed by atoms with Crippen LogP contribution in [0.3, 0.4) is 0 Å². The SMILES string of the molecule is COc1cc(NC(=O)C2CCC(N3Cc4c(C)ccc(CNC(=O)OC(C)(C)C)c4NC3=O)CC2)ccc1C. The number of benzene rings is 2. The van der Waals surface area contributed by atoms with Gasteiger partial charge >= 0.3 is 12.1 Å². The van der Waals surface area contributed by atoms with E-state index in [1.807, 2.05) is 69.9 Å². The Hall–Kier alpha value is -3.75. The third-order valence-electron chi connectivity index (χ3n) is 7.46. The van der Waals surface area contributed by atoms with Gasteiger partial charge in [-0.1, -0.05) is 18.2 Å². The van der Waals surface area contributed by atoms with E-state index in [-0.39, 0.29) is 30.4 Å². The molecule has 4 amide bonds. The van der Waals surface area contributed by atoms with Crippen molar-refractivity contribution in [3.63, 3.8) is 0 Å². The topological polar surface area (TPSA) is 109 Å². The molecule has 1 aliphatic carbocycles. The summed E-state index contributed by atoms with van der Waals surface area (Å²) in [6.07, 6.45) is 2.46. The molecule has 0 spiro atoms. The molecule has 210 valence electrons. The first kappa shape index (κ1) is 28.3.